The molecule has 0 spiro atoms. The summed E-state index contributed by atoms with van der Waals surface area (Å²) in [5, 5.41) is 2.68. The van der Waals surface area contributed by atoms with Crippen LogP contribution in [0.3, 0.4) is 0 Å². The molecule has 0 aromatic heterocycles. The maximum atomic E-state index is 12.7. The van der Waals surface area contributed by atoms with E-state index < -0.39 is 12.1 Å². The number of amides is 1. The Bertz CT molecular complexity index is 964. The van der Waals surface area contributed by atoms with Crippen molar-refractivity contribution >= 4 is 17.6 Å². The van der Waals surface area contributed by atoms with Crippen LogP contribution in [-0.4, -0.2) is 11.9 Å². The second-order valence-corrected chi connectivity index (χ2v) is 6.22. The summed E-state index contributed by atoms with van der Waals surface area (Å²) < 4.78 is 5.86. The predicted molar refractivity (Wildman–Crippen MR) is 99.9 cm³/mol. The van der Waals surface area contributed by atoms with E-state index in [9.17, 15) is 9.59 Å². The standard InChI is InChI=1S/C22H17NO3/c1-14(24)23-16-8-6-7-15(13-16)22(25)26-21-19-11-4-2-9-17(19)18-10-3-5-12-20(18)21/h2-13,21H,1H3,(H,23,24). The summed E-state index contributed by atoms with van der Waals surface area (Å²) in [6.45, 7) is 1.43. The summed E-state index contributed by atoms with van der Waals surface area (Å²) in [4.78, 5) is 23.9. The molecule has 0 heterocycles. The van der Waals surface area contributed by atoms with E-state index in [-0.39, 0.29) is 5.91 Å². The highest BCUT2D eigenvalue weighted by atomic mass is 16.5. The molecule has 4 nitrogen and oxygen atoms in total. The number of rotatable bonds is 3. The third kappa shape index (κ3) is 2.86. The van der Waals surface area contributed by atoms with Crippen molar-refractivity contribution in [3.05, 3.63) is 89.5 Å². The second-order valence-electron chi connectivity index (χ2n) is 6.22. The van der Waals surface area contributed by atoms with Gasteiger partial charge in [0.1, 0.15) is 0 Å². The van der Waals surface area contributed by atoms with E-state index in [4.69, 9.17) is 4.74 Å². The van der Waals surface area contributed by atoms with Crippen LogP contribution in [0.25, 0.3) is 11.1 Å². The SMILES string of the molecule is CC(=O)Nc1cccc(C(=O)OC2c3ccccc3-c3ccccc32)c1. The van der Waals surface area contributed by atoms with Crippen LogP contribution in [0.1, 0.15) is 34.5 Å². The number of benzene rings is 3. The summed E-state index contributed by atoms with van der Waals surface area (Å²) in [6.07, 6.45) is -0.431. The van der Waals surface area contributed by atoms with Gasteiger partial charge in [0, 0.05) is 23.7 Å². The third-order valence-corrected chi connectivity index (χ3v) is 4.42. The molecule has 1 amide bonds. The molecule has 0 fully saturated rings. The van der Waals surface area contributed by atoms with Crippen LogP contribution >= 0.6 is 0 Å². The average molecular weight is 343 g/mol. The highest BCUT2D eigenvalue weighted by Gasteiger charge is 2.31. The summed E-state index contributed by atoms with van der Waals surface area (Å²) in [6, 6.07) is 22.7. The van der Waals surface area contributed by atoms with E-state index in [0.29, 0.717) is 11.3 Å². The Balaban J connectivity index is 1.65. The van der Waals surface area contributed by atoms with Crippen LogP contribution in [0.15, 0.2) is 72.8 Å². The van der Waals surface area contributed by atoms with Gasteiger partial charge in [-0.1, -0.05) is 54.6 Å². The maximum absolute atomic E-state index is 12.7. The van der Waals surface area contributed by atoms with Crippen LogP contribution < -0.4 is 5.32 Å². The Labute approximate surface area is 151 Å². The van der Waals surface area contributed by atoms with Crippen LogP contribution in [0, 0.1) is 0 Å². The van der Waals surface area contributed by atoms with Crippen LogP contribution in [0.5, 0.6) is 0 Å². The smallest absolute Gasteiger partial charge is 0.339 e. The molecular weight excluding hydrogens is 326 g/mol. The zero-order chi connectivity index (χ0) is 18.1. The molecule has 1 aliphatic carbocycles. The normalized spacial score (nSPS) is 12.2. The molecule has 26 heavy (non-hydrogen) atoms. The molecule has 1 N–H and O–H groups in total. The van der Waals surface area contributed by atoms with Gasteiger partial charge in [0.25, 0.3) is 0 Å². The Morgan fingerprint density at radius 1 is 0.846 bits per heavy atom. The minimum atomic E-state index is -0.431. The highest BCUT2D eigenvalue weighted by Crippen LogP contribution is 2.45. The second kappa shape index (κ2) is 6.48. The number of carbonyl (C=O) groups is 2. The lowest BCUT2D eigenvalue weighted by molar-refractivity contribution is -0.114. The molecule has 0 atom stereocenters. The first kappa shape index (κ1) is 16.1. The van der Waals surface area contributed by atoms with Crippen molar-refractivity contribution in [3.8, 4) is 11.1 Å². The molecule has 0 bridgehead atoms. The number of esters is 1. The van der Waals surface area contributed by atoms with Gasteiger partial charge >= 0.3 is 5.97 Å². The highest BCUT2D eigenvalue weighted by molar-refractivity contribution is 5.94. The zero-order valence-corrected chi connectivity index (χ0v) is 14.2. The van der Waals surface area contributed by atoms with Crippen molar-refractivity contribution < 1.29 is 14.3 Å². The van der Waals surface area contributed by atoms with Crippen LogP contribution in [0.4, 0.5) is 5.69 Å². The minimum Gasteiger partial charge on any atom is -0.449 e. The molecule has 0 aliphatic heterocycles. The number of carbonyl (C=O) groups excluding carboxylic acids is 2. The molecule has 4 rings (SSSR count). The van der Waals surface area contributed by atoms with Gasteiger partial charge in [-0.05, 0) is 29.3 Å². The van der Waals surface area contributed by atoms with Gasteiger partial charge in [-0.25, -0.2) is 4.79 Å². The number of hydrogen-bond acceptors (Lipinski definition) is 3. The van der Waals surface area contributed by atoms with Crippen molar-refractivity contribution in [1.82, 2.24) is 0 Å². The first-order valence-electron chi connectivity index (χ1n) is 8.40. The van der Waals surface area contributed by atoms with E-state index in [0.717, 1.165) is 22.3 Å². The fourth-order valence-electron chi connectivity index (χ4n) is 3.34. The molecular formula is C22H17NO3. The lowest BCUT2D eigenvalue weighted by atomic mass is 10.1. The van der Waals surface area contributed by atoms with Gasteiger partial charge in [-0.2, -0.15) is 0 Å². The summed E-state index contributed by atoms with van der Waals surface area (Å²) in [5.74, 6) is -0.608. The van der Waals surface area contributed by atoms with Gasteiger partial charge < -0.3 is 10.1 Å². The van der Waals surface area contributed by atoms with Gasteiger partial charge in [-0.3, -0.25) is 4.79 Å². The first-order valence-corrected chi connectivity index (χ1v) is 8.40. The van der Waals surface area contributed by atoms with Gasteiger partial charge in [-0.15, -0.1) is 0 Å². The quantitative estimate of drug-likeness (QED) is 0.709. The summed E-state index contributed by atoms with van der Waals surface area (Å²) >= 11 is 0. The largest absolute Gasteiger partial charge is 0.449 e. The van der Waals surface area contributed by atoms with Crippen molar-refractivity contribution in [2.75, 3.05) is 5.32 Å². The van der Waals surface area contributed by atoms with Gasteiger partial charge in [0.15, 0.2) is 6.10 Å². The van der Waals surface area contributed by atoms with Crippen LogP contribution in [0.2, 0.25) is 0 Å². The average Bonchev–Trinajstić information content (AvgIpc) is 2.96. The van der Waals surface area contributed by atoms with E-state index in [1.165, 1.54) is 6.92 Å². The van der Waals surface area contributed by atoms with E-state index >= 15 is 0 Å². The fraction of sp³-hybridized carbons (Fsp3) is 0.0909. The Kier molecular flexibility index (Phi) is 4.01. The summed E-state index contributed by atoms with van der Waals surface area (Å²) in [7, 11) is 0. The van der Waals surface area contributed by atoms with Gasteiger partial charge in [0.2, 0.25) is 5.91 Å². The molecule has 3 aromatic carbocycles. The van der Waals surface area contributed by atoms with Crippen molar-refractivity contribution in [2.45, 2.75) is 13.0 Å². The number of hydrogen-bond donors (Lipinski definition) is 1. The summed E-state index contributed by atoms with van der Waals surface area (Å²) in [5.41, 5.74) is 5.12. The lowest BCUT2D eigenvalue weighted by Crippen LogP contribution is -2.12. The van der Waals surface area contributed by atoms with E-state index in [2.05, 4.69) is 5.32 Å². The molecule has 4 heteroatoms. The number of ether oxygens (including phenoxy) is 1. The minimum absolute atomic E-state index is 0.186. The Morgan fingerprint density at radius 3 is 2.08 bits per heavy atom. The third-order valence-electron chi connectivity index (χ3n) is 4.42. The zero-order valence-electron chi connectivity index (χ0n) is 14.2. The fourth-order valence-corrected chi connectivity index (χ4v) is 3.34. The molecule has 128 valence electrons. The van der Waals surface area contributed by atoms with E-state index in [1.807, 2.05) is 48.5 Å². The number of anilines is 1. The number of fused-ring (bicyclic) bond motifs is 3. The lowest BCUT2D eigenvalue weighted by Gasteiger charge is -2.15. The van der Waals surface area contributed by atoms with Crippen molar-refractivity contribution in [2.24, 2.45) is 0 Å². The van der Waals surface area contributed by atoms with E-state index in [1.54, 1.807) is 24.3 Å². The molecule has 0 saturated heterocycles. The van der Waals surface area contributed by atoms with Crippen LogP contribution in [-0.2, 0) is 9.53 Å². The molecule has 0 saturated carbocycles. The van der Waals surface area contributed by atoms with Gasteiger partial charge in [0.05, 0.1) is 5.56 Å². The monoisotopic (exact) mass is 343 g/mol. The van der Waals surface area contributed by atoms with Crippen molar-refractivity contribution in [1.29, 1.82) is 0 Å². The molecule has 3 aromatic rings. The number of nitrogens with one attached hydrogen (secondary N) is 1. The molecule has 1 aliphatic rings. The molecule has 0 radical (unpaired) electrons. The predicted octanol–water partition coefficient (Wildman–Crippen LogP) is 4.57. The first-order chi connectivity index (χ1) is 12.6. The van der Waals surface area contributed by atoms with Crippen molar-refractivity contribution in [3.63, 3.8) is 0 Å². The Hall–Kier alpha value is -3.40. The Morgan fingerprint density at radius 2 is 1.46 bits per heavy atom. The molecule has 0 unspecified atom stereocenters. The topological polar surface area (TPSA) is 55.4 Å². The maximum Gasteiger partial charge on any atom is 0.339 e.